The van der Waals surface area contributed by atoms with Crippen molar-refractivity contribution in [2.75, 3.05) is 25.6 Å². The van der Waals surface area contributed by atoms with Crippen LogP contribution in [0.5, 0.6) is 0 Å². The van der Waals surface area contributed by atoms with E-state index in [0.717, 1.165) is 11.2 Å². The standard InChI is InChI=1S/C13H16N2O2/c1-15(8-7-13(16)17-2)12-9-14-11-6-4-3-5-10(11)12/h3-6,9,14H,7-8H2,1-2H3. The van der Waals surface area contributed by atoms with Crippen molar-refractivity contribution in [3.63, 3.8) is 0 Å². The zero-order chi connectivity index (χ0) is 12.3. The number of rotatable bonds is 4. The second-order valence-corrected chi connectivity index (χ2v) is 3.97. The number of benzene rings is 1. The monoisotopic (exact) mass is 232 g/mol. The van der Waals surface area contributed by atoms with Crippen molar-refractivity contribution < 1.29 is 9.53 Å². The highest BCUT2D eigenvalue weighted by Crippen LogP contribution is 2.25. The van der Waals surface area contributed by atoms with Crippen molar-refractivity contribution in [2.45, 2.75) is 6.42 Å². The molecule has 0 spiro atoms. The minimum Gasteiger partial charge on any atom is -0.469 e. The lowest BCUT2D eigenvalue weighted by molar-refractivity contribution is -0.140. The fourth-order valence-electron chi connectivity index (χ4n) is 1.85. The molecule has 1 aromatic carbocycles. The molecule has 2 aromatic rings. The number of H-pyrrole nitrogens is 1. The molecule has 0 saturated carbocycles. The van der Waals surface area contributed by atoms with Gasteiger partial charge >= 0.3 is 5.97 Å². The molecule has 4 nitrogen and oxygen atoms in total. The van der Waals surface area contributed by atoms with Crippen molar-refractivity contribution in [2.24, 2.45) is 0 Å². The van der Waals surface area contributed by atoms with Crippen molar-refractivity contribution in [1.29, 1.82) is 0 Å². The molecule has 0 atom stereocenters. The number of para-hydroxylation sites is 1. The lowest BCUT2D eigenvalue weighted by Crippen LogP contribution is -2.21. The van der Waals surface area contributed by atoms with Gasteiger partial charge in [-0.2, -0.15) is 0 Å². The van der Waals surface area contributed by atoms with E-state index in [0.29, 0.717) is 13.0 Å². The van der Waals surface area contributed by atoms with Crippen molar-refractivity contribution in [3.8, 4) is 0 Å². The number of hydrogen-bond donors (Lipinski definition) is 1. The SMILES string of the molecule is COC(=O)CCN(C)c1c[nH]c2ccccc12. The number of carbonyl (C=O) groups excluding carboxylic acids is 1. The molecule has 0 aliphatic rings. The molecule has 1 aromatic heterocycles. The Balaban J connectivity index is 2.13. The topological polar surface area (TPSA) is 45.3 Å². The summed E-state index contributed by atoms with van der Waals surface area (Å²) < 4.78 is 4.63. The number of hydrogen-bond acceptors (Lipinski definition) is 3. The van der Waals surface area contributed by atoms with Gasteiger partial charge in [0.2, 0.25) is 0 Å². The molecular weight excluding hydrogens is 216 g/mol. The molecule has 1 N–H and O–H groups in total. The molecule has 0 saturated heterocycles. The molecule has 0 fully saturated rings. The van der Waals surface area contributed by atoms with E-state index < -0.39 is 0 Å². The van der Waals surface area contributed by atoms with Gasteiger partial charge in [-0.05, 0) is 6.07 Å². The Kier molecular flexibility index (Phi) is 3.32. The Labute approximate surface area is 100 Å². The summed E-state index contributed by atoms with van der Waals surface area (Å²) in [4.78, 5) is 16.4. The fourth-order valence-corrected chi connectivity index (χ4v) is 1.85. The third kappa shape index (κ3) is 2.41. The van der Waals surface area contributed by atoms with Crippen LogP contribution in [0.2, 0.25) is 0 Å². The molecule has 1 heterocycles. The molecule has 0 aliphatic heterocycles. The van der Waals surface area contributed by atoms with Crippen LogP contribution in [0.1, 0.15) is 6.42 Å². The second kappa shape index (κ2) is 4.91. The molecule has 0 radical (unpaired) electrons. The van der Waals surface area contributed by atoms with Gasteiger partial charge in [-0.15, -0.1) is 0 Å². The first-order valence-electron chi connectivity index (χ1n) is 5.56. The number of carbonyl (C=O) groups is 1. The van der Waals surface area contributed by atoms with Crippen LogP contribution >= 0.6 is 0 Å². The molecule has 0 bridgehead atoms. The number of methoxy groups -OCH3 is 1. The number of esters is 1. The average Bonchev–Trinajstić information content (AvgIpc) is 2.79. The number of ether oxygens (including phenoxy) is 1. The summed E-state index contributed by atoms with van der Waals surface area (Å²) in [7, 11) is 3.38. The maximum Gasteiger partial charge on any atom is 0.307 e. The van der Waals surface area contributed by atoms with Crippen molar-refractivity contribution >= 4 is 22.6 Å². The van der Waals surface area contributed by atoms with Crippen LogP contribution in [0.3, 0.4) is 0 Å². The van der Waals surface area contributed by atoms with Gasteiger partial charge in [-0.25, -0.2) is 0 Å². The number of aromatic nitrogens is 1. The van der Waals surface area contributed by atoms with E-state index in [1.165, 1.54) is 12.5 Å². The first-order valence-corrected chi connectivity index (χ1v) is 5.56. The third-order valence-electron chi connectivity index (χ3n) is 2.86. The molecule has 0 aliphatic carbocycles. The van der Waals surface area contributed by atoms with Crippen LogP contribution < -0.4 is 4.90 Å². The molecule has 17 heavy (non-hydrogen) atoms. The smallest absolute Gasteiger partial charge is 0.307 e. The summed E-state index contributed by atoms with van der Waals surface area (Å²) in [6.45, 7) is 0.647. The highest BCUT2D eigenvalue weighted by molar-refractivity contribution is 5.92. The predicted octanol–water partition coefficient (Wildman–Crippen LogP) is 2.17. The Morgan fingerprint density at radius 2 is 2.18 bits per heavy atom. The van der Waals surface area contributed by atoms with Gasteiger partial charge in [0.1, 0.15) is 0 Å². The quantitative estimate of drug-likeness (QED) is 0.822. The van der Waals surface area contributed by atoms with E-state index in [-0.39, 0.29) is 5.97 Å². The molecular formula is C13H16N2O2. The van der Waals surface area contributed by atoms with Crippen LogP contribution in [0.4, 0.5) is 5.69 Å². The second-order valence-electron chi connectivity index (χ2n) is 3.97. The summed E-state index contributed by atoms with van der Waals surface area (Å²) in [5, 5.41) is 1.17. The maximum atomic E-state index is 11.1. The van der Waals surface area contributed by atoms with Crippen LogP contribution in [0, 0.1) is 0 Å². The Morgan fingerprint density at radius 1 is 1.41 bits per heavy atom. The van der Waals surface area contributed by atoms with Gasteiger partial charge in [-0.1, -0.05) is 18.2 Å². The highest BCUT2D eigenvalue weighted by Gasteiger charge is 2.09. The van der Waals surface area contributed by atoms with Gasteiger partial charge in [0.25, 0.3) is 0 Å². The van der Waals surface area contributed by atoms with E-state index in [2.05, 4.69) is 20.7 Å². The zero-order valence-corrected chi connectivity index (χ0v) is 10.1. The van der Waals surface area contributed by atoms with E-state index in [4.69, 9.17) is 0 Å². The van der Waals surface area contributed by atoms with Crippen LogP contribution in [0.15, 0.2) is 30.5 Å². The predicted molar refractivity (Wildman–Crippen MR) is 68.2 cm³/mol. The largest absolute Gasteiger partial charge is 0.469 e. The van der Waals surface area contributed by atoms with Crippen LogP contribution in [-0.4, -0.2) is 31.7 Å². The summed E-state index contributed by atoms with van der Waals surface area (Å²) in [6.07, 6.45) is 2.36. The van der Waals surface area contributed by atoms with Crippen molar-refractivity contribution in [3.05, 3.63) is 30.5 Å². The normalized spacial score (nSPS) is 10.5. The Morgan fingerprint density at radius 3 is 2.94 bits per heavy atom. The fraction of sp³-hybridized carbons (Fsp3) is 0.308. The van der Waals surface area contributed by atoms with Crippen molar-refractivity contribution in [1.82, 2.24) is 4.98 Å². The van der Waals surface area contributed by atoms with Gasteiger partial charge in [-0.3, -0.25) is 4.79 Å². The molecule has 0 amide bonds. The lowest BCUT2D eigenvalue weighted by Gasteiger charge is -2.17. The summed E-state index contributed by atoms with van der Waals surface area (Å²) in [5.74, 6) is -0.184. The molecule has 4 heteroatoms. The van der Waals surface area contributed by atoms with Gasteiger partial charge in [0.05, 0.1) is 19.2 Å². The van der Waals surface area contributed by atoms with Crippen LogP contribution in [-0.2, 0) is 9.53 Å². The van der Waals surface area contributed by atoms with E-state index in [1.807, 2.05) is 31.4 Å². The number of fused-ring (bicyclic) bond motifs is 1. The minimum atomic E-state index is -0.184. The molecule has 2 rings (SSSR count). The lowest BCUT2D eigenvalue weighted by atomic mass is 10.2. The van der Waals surface area contributed by atoms with Gasteiger partial charge in [0, 0.05) is 30.7 Å². The first-order chi connectivity index (χ1) is 8.22. The third-order valence-corrected chi connectivity index (χ3v) is 2.86. The highest BCUT2D eigenvalue weighted by atomic mass is 16.5. The van der Waals surface area contributed by atoms with Gasteiger partial charge in [0.15, 0.2) is 0 Å². The van der Waals surface area contributed by atoms with E-state index in [9.17, 15) is 4.79 Å². The number of nitrogens with one attached hydrogen (secondary N) is 1. The minimum absolute atomic E-state index is 0.184. The van der Waals surface area contributed by atoms with E-state index >= 15 is 0 Å². The summed E-state index contributed by atoms with van der Waals surface area (Å²) in [6, 6.07) is 8.10. The van der Waals surface area contributed by atoms with E-state index in [1.54, 1.807) is 0 Å². The zero-order valence-electron chi connectivity index (χ0n) is 10.1. The summed E-state index contributed by atoms with van der Waals surface area (Å²) in [5.41, 5.74) is 2.21. The number of nitrogens with zero attached hydrogens (tertiary/aromatic N) is 1. The Bertz CT molecular complexity index is 519. The van der Waals surface area contributed by atoms with Gasteiger partial charge < -0.3 is 14.6 Å². The molecule has 90 valence electrons. The Hall–Kier alpha value is -1.97. The first kappa shape index (κ1) is 11.5. The summed E-state index contributed by atoms with van der Waals surface area (Å²) >= 11 is 0. The molecule has 0 unspecified atom stereocenters. The van der Waals surface area contributed by atoms with Crippen LogP contribution in [0.25, 0.3) is 10.9 Å². The number of anilines is 1. The average molecular weight is 232 g/mol. The maximum absolute atomic E-state index is 11.1. The number of aromatic amines is 1.